The van der Waals surface area contributed by atoms with Crippen LogP contribution in [0.2, 0.25) is 0 Å². The molecule has 0 unspecified atom stereocenters. The molecule has 0 bridgehead atoms. The molecule has 9 heteroatoms. The van der Waals surface area contributed by atoms with E-state index >= 15 is 0 Å². The maximum absolute atomic E-state index is 12.9. The van der Waals surface area contributed by atoms with Gasteiger partial charge in [-0.3, -0.25) is 4.79 Å². The largest absolute Gasteiger partial charge is 0.366 e. The maximum atomic E-state index is 12.9. The van der Waals surface area contributed by atoms with Crippen LogP contribution in [-0.2, 0) is 16.0 Å². The number of carbonyl (C=O) groups is 2. The Morgan fingerprint density at radius 1 is 1.18 bits per heavy atom. The molecule has 0 radical (unpaired) electrons. The molecule has 0 aliphatic carbocycles. The van der Waals surface area contributed by atoms with E-state index in [1.165, 1.54) is 5.56 Å². The van der Waals surface area contributed by atoms with Gasteiger partial charge in [0, 0.05) is 45.5 Å². The summed E-state index contributed by atoms with van der Waals surface area (Å²) in [7, 11) is 0. The number of hydrogen-bond acceptors (Lipinski definition) is 6. The highest BCUT2D eigenvalue weighted by atomic mass is 16.5. The summed E-state index contributed by atoms with van der Waals surface area (Å²) >= 11 is 0. The first-order valence-corrected chi connectivity index (χ1v) is 11.6. The minimum absolute atomic E-state index is 0. The van der Waals surface area contributed by atoms with Crippen LogP contribution < -0.4 is 5.32 Å². The number of nitrogens with one attached hydrogen (secondary N) is 1. The Kier molecular flexibility index (Phi) is 5.60. The molecule has 3 aliphatic heterocycles. The van der Waals surface area contributed by atoms with E-state index in [4.69, 9.17) is 9.26 Å². The summed E-state index contributed by atoms with van der Waals surface area (Å²) in [6, 6.07) is 8.13. The third kappa shape index (κ3) is 4.73. The molecule has 1 aromatic carbocycles. The Hall–Kier alpha value is -2.94. The van der Waals surface area contributed by atoms with Crippen molar-refractivity contribution in [1.29, 1.82) is 0 Å². The van der Waals surface area contributed by atoms with Gasteiger partial charge in [-0.15, -0.1) is 0 Å². The molecule has 3 fully saturated rings. The molecule has 33 heavy (non-hydrogen) atoms. The van der Waals surface area contributed by atoms with Crippen molar-refractivity contribution in [1.82, 2.24) is 25.3 Å². The van der Waals surface area contributed by atoms with Gasteiger partial charge in [0.2, 0.25) is 17.6 Å². The van der Waals surface area contributed by atoms with E-state index in [0.717, 1.165) is 18.4 Å². The van der Waals surface area contributed by atoms with Crippen molar-refractivity contribution in [3.05, 3.63) is 35.7 Å². The first-order valence-electron chi connectivity index (χ1n) is 11.6. The highest BCUT2D eigenvalue weighted by Gasteiger charge is 2.40. The Morgan fingerprint density at radius 2 is 1.94 bits per heavy atom. The molecule has 4 heterocycles. The number of rotatable bonds is 3. The zero-order valence-electron chi connectivity index (χ0n) is 19.4. The van der Waals surface area contributed by atoms with Crippen molar-refractivity contribution in [3.63, 3.8) is 0 Å². The first-order chi connectivity index (χ1) is 15.7. The van der Waals surface area contributed by atoms with Crippen LogP contribution in [0.25, 0.3) is 11.4 Å². The van der Waals surface area contributed by atoms with E-state index in [-0.39, 0.29) is 37.5 Å². The van der Waals surface area contributed by atoms with Crippen LogP contribution in [0.4, 0.5) is 4.79 Å². The summed E-state index contributed by atoms with van der Waals surface area (Å²) in [6.07, 6.45) is 1.50. The lowest BCUT2D eigenvalue weighted by Gasteiger charge is -2.46. The topological polar surface area (TPSA) is 101 Å². The quantitative estimate of drug-likeness (QED) is 0.764. The van der Waals surface area contributed by atoms with Crippen molar-refractivity contribution in [2.75, 3.05) is 32.8 Å². The van der Waals surface area contributed by atoms with Crippen LogP contribution >= 0.6 is 0 Å². The third-order valence-corrected chi connectivity index (χ3v) is 6.54. The summed E-state index contributed by atoms with van der Waals surface area (Å²) in [6.45, 7) is 9.11. The van der Waals surface area contributed by atoms with Crippen LogP contribution in [0.3, 0.4) is 0 Å². The zero-order valence-corrected chi connectivity index (χ0v) is 19.4. The summed E-state index contributed by atoms with van der Waals surface area (Å²) in [4.78, 5) is 32.8. The number of morpholine rings is 1. The van der Waals surface area contributed by atoms with Crippen molar-refractivity contribution in [2.45, 2.75) is 51.7 Å². The highest BCUT2D eigenvalue weighted by molar-refractivity contribution is 5.79. The van der Waals surface area contributed by atoms with Gasteiger partial charge in [-0.25, -0.2) is 4.79 Å². The molecule has 178 valence electrons. The molecule has 3 amide bonds. The summed E-state index contributed by atoms with van der Waals surface area (Å²) < 4.78 is 11.0. The zero-order chi connectivity index (χ0) is 23.2. The van der Waals surface area contributed by atoms with Crippen LogP contribution in [0, 0.1) is 5.41 Å². The Labute approximate surface area is 194 Å². The monoisotopic (exact) mass is 455 g/mol. The fraction of sp³-hybridized carbons (Fsp3) is 0.583. The van der Waals surface area contributed by atoms with Crippen molar-refractivity contribution >= 4 is 11.9 Å². The van der Waals surface area contributed by atoms with Gasteiger partial charge in [-0.1, -0.05) is 50.2 Å². The molecule has 5 rings (SSSR count). The number of fused-ring (bicyclic) bond motifs is 1. The van der Waals surface area contributed by atoms with Gasteiger partial charge in [0.25, 0.3) is 0 Å². The van der Waals surface area contributed by atoms with Crippen molar-refractivity contribution in [2.24, 2.45) is 5.41 Å². The summed E-state index contributed by atoms with van der Waals surface area (Å²) in [5.74, 6) is 1.47. The number of hydrogen-bond donors (Lipinski definition) is 1. The number of urea groups is 1. The normalized spacial score (nSPS) is 23.7. The lowest BCUT2D eigenvalue weighted by molar-refractivity contribution is -0.139. The number of aromatic nitrogens is 2. The molecular formula is C24H33N5O4. The maximum Gasteiger partial charge on any atom is 0.320 e. The minimum Gasteiger partial charge on any atom is -0.366 e. The van der Waals surface area contributed by atoms with Gasteiger partial charge in [0.1, 0.15) is 6.61 Å². The van der Waals surface area contributed by atoms with E-state index < -0.39 is 0 Å². The first kappa shape index (κ1) is 21.9. The second-order valence-corrected chi connectivity index (χ2v) is 10.5. The predicted octanol–water partition coefficient (Wildman–Crippen LogP) is 2.68. The van der Waals surface area contributed by atoms with Gasteiger partial charge in [-0.05, 0) is 17.4 Å². The van der Waals surface area contributed by atoms with Gasteiger partial charge in [-0.2, -0.15) is 4.98 Å². The minimum atomic E-state index is -0.109. The molecule has 1 N–H and O–H groups in total. The summed E-state index contributed by atoms with van der Waals surface area (Å²) in [5, 5.41) is 7.07. The fourth-order valence-corrected chi connectivity index (χ4v) is 4.72. The lowest BCUT2D eigenvalue weighted by Crippen LogP contribution is -2.63. The van der Waals surface area contributed by atoms with Gasteiger partial charge in [0.15, 0.2) is 0 Å². The third-order valence-electron chi connectivity index (χ3n) is 6.54. The number of carbonyl (C=O) groups excluding carboxylic acids is 2. The van der Waals surface area contributed by atoms with E-state index in [0.29, 0.717) is 43.8 Å². The van der Waals surface area contributed by atoms with E-state index in [2.05, 4.69) is 48.4 Å². The molecule has 3 saturated heterocycles. The van der Waals surface area contributed by atoms with E-state index in [1.54, 1.807) is 0 Å². The number of ether oxygens (including phenoxy) is 1. The molecule has 2 aromatic rings. The van der Waals surface area contributed by atoms with Gasteiger partial charge >= 0.3 is 6.03 Å². The molecular weight excluding hydrogens is 422 g/mol. The van der Waals surface area contributed by atoms with Crippen molar-refractivity contribution < 1.29 is 20.3 Å². The smallest absolute Gasteiger partial charge is 0.320 e. The van der Waals surface area contributed by atoms with E-state index in [9.17, 15) is 9.59 Å². The number of nitrogens with zero attached hydrogens (tertiary/aromatic N) is 4. The average Bonchev–Trinajstić information content (AvgIpc) is 3.19. The Morgan fingerprint density at radius 3 is 2.67 bits per heavy atom. The number of piperidine rings is 1. The molecule has 3 aliphatic rings. The second-order valence-electron chi connectivity index (χ2n) is 10.5. The second kappa shape index (κ2) is 8.44. The highest BCUT2D eigenvalue weighted by Crippen LogP contribution is 2.30. The lowest BCUT2D eigenvalue weighted by atomic mass is 9.91. The van der Waals surface area contributed by atoms with Gasteiger partial charge in [0.05, 0.1) is 12.1 Å². The van der Waals surface area contributed by atoms with Gasteiger partial charge < -0.3 is 24.4 Å². The molecule has 0 spiro atoms. The Balaban J connectivity index is 0.00000274. The van der Waals surface area contributed by atoms with Crippen LogP contribution in [0.15, 0.2) is 28.8 Å². The fourth-order valence-electron chi connectivity index (χ4n) is 4.72. The van der Waals surface area contributed by atoms with E-state index in [1.807, 2.05) is 21.9 Å². The standard InChI is InChI=1S/C24H31N5O4.H2/c1-24(2,3)10-21-26-22(27-33-21)16-6-4-15(5-7-16)17-11-29(12-17)23(31)28-9-8-19-18(13-28)25-20(30)14-32-19;/h4-7,17-19H,8-14H2,1-3H3,(H,25,30);1H/t18-,19+;/m1./s1. The number of benzene rings is 1. The molecule has 2 atom stereocenters. The van der Waals surface area contributed by atoms with Crippen molar-refractivity contribution in [3.8, 4) is 11.4 Å². The van der Waals surface area contributed by atoms with Crippen LogP contribution in [-0.4, -0.2) is 76.8 Å². The molecule has 0 saturated carbocycles. The predicted molar refractivity (Wildman–Crippen MR) is 123 cm³/mol. The Bertz CT molecular complexity index is 1030. The average molecular weight is 456 g/mol. The SMILES string of the molecule is CC(C)(C)Cc1nc(-c2ccc(C3CN(C(=O)N4CC[C@@H]5OCC(=O)N[C@@H]5C4)C3)cc2)no1.[HH]. The van der Waals surface area contributed by atoms with Crippen LogP contribution in [0.5, 0.6) is 0 Å². The summed E-state index contributed by atoms with van der Waals surface area (Å²) in [5.41, 5.74) is 2.22. The molecule has 9 nitrogen and oxygen atoms in total. The number of amides is 3. The van der Waals surface area contributed by atoms with Crippen LogP contribution in [0.1, 0.15) is 46.0 Å². The molecule has 1 aromatic heterocycles. The number of likely N-dealkylation sites (tertiary alicyclic amines) is 2.